The molecule has 0 heterocycles. The van der Waals surface area contributed by atoms with Crippen LogP contribution in [0.3, 0.4) is 0 Å². The van der Waals surface area contributed by atoms with Crippen molar-refractivity contribution in [2.45, 2.75) is 13.3 Å². The van der Waals surface area contributed by atoms with E-state index >= 15 is 0 Å². The summed E-state index contributed by atoms with van der Waals surface area (Å²) in [4.78, 5) is 0. The number of aryl methyl sites for hydroxylation is 1. The molecule has 0 aliphatic heterocycles. The average molecular weight is 297 g/mol. The van der Waals surface area contributed by atoms with E-state index in [1.54, 1.807) is 0 Å². The summed E-state index contributed by atoms with van der Waals surface area (Å²) < 4.78 is 27.2. The molecule has 0 aliphatic carbocycles. The van der Waals surface area contributed by atoms with Crippen molar-refractivity contribution in [1.29, 1.82) is 0 Å². The van der Waals surface area contributed by atoms with Crippen molar-refractivity contribution in [3.05, 3.63) is 69.2 Å². The van der Waals surface area contributed by atoms with Gasteiger partial charge in [-0.05, 0) is 51.7 Å². The van der Waals surface area contributed by atoms with Crippen LogP contribution in [0.5, 0.6) is 0 Å². The van der Waals surface area contributed by atoms with Crippen LogP contribution in [0.4, 0.5) is 8.78 Å². The molecule has 0 saturated carbocycles. The largest absolute Gasteiger partial charge is 0.207 e. The van der Waals surface area contributed by atoms with E-state index in [1.165, 1.54) is 12.1 Å². The Morgan fingerprint density at radius 1 is 1.00 bits per heavy atom. The lowest BCUT2D eigenvalue weighted by Gasteiger charge is -2.07. The van der Waals surface area contributed by atoms with Crippen molar-refractivity contribution >= 4 is 15.9 Å². The lowest BCUT2D eigenvalue weighted by Crippen LogP contribution is -1.96. The summed E-state index contributed by atoms with van der Waals surface area (Å²) in [7, 11) is 0. The van der Waals surface area contributed by atoms with Crippen LogP contribution in [-0.2, 0) is 6.42 Å². The number of benzene rings is 2. The Hall–Kier alpha value is -1.22. The quantitative estimate of drug-likeness (QED) is 0.709. The molecule has 2 rings (SSSR count). The third-order valence-corrected chi connectivity index (χ3v) is 3.34. The maximum absolute atomic E-state index is 13.7. The van der Waals surface area contributed by atoms with Crippen molar-refractivity contribution < 1.29 is 8.78 Å². The zero-order valence-corrected chi connectivity index (χ0v) is 10.9. The Bertz CT molecular complexity index is 550. The summed E-state index contributed by atoms with van der Waals surface area (Å²) in [6, 6.07) is 10.1. The minimum Gasteiger partial charge on any atom is -0.207 e. The van der Waals surface area contributed by atoms with E-state index in [0.717, 1.165) is 11.1 Å². The van der Waals surface area contributed by atoms with Crippen molar-refractivity contribution in [3.8, 4) is 0 Å². The molecule has 17 heavy (non-hydrogen) atoms. The lowest BCUT2D eigenvalue weighted by molar-refractivity contribution is 0.583. The lowest BCUT2D eigenvalue weighted by atomic mass is 10.0. The van der Waals surface area contributed by atoms with Gasteiger partial charge in [-0.25, -0.2) is 8.78 Å². The Morgan fingerprint density at radius 3 is 2.41 bits per heavy atom. The number of hydrogen-bond donors (Lipinski definition) is 0. The second-order valence-corrected chi connectivity index (χ2v) is 4.82. The molecular formula is C14H11BrF2. The predicted molar refractivity (Wildman–Crippen MR) is 68.0 cm³/mol. The molecule has 0 aromatic heterocycles. The van der Waals surface area contributed by atoms with Crippen LogP contribution in [0.1, 0.15) is 16.7 Å². The molecule has 2 aromatic carbocycles. The Labute approximate surface area is 107 Å². The van der Waals surface area contributed by atoms with Gasteiger partial charge in [0.05, 0.1) is 4.47 Å². The van der Waals surface area contributed by atoms with Gasteiger partial charge in [-0.2, -0.15) is 0 Å². The zero-order chi connectivity index (χ0) is 12.4. The molecular weight excluding hydrogens is 286 g/mol. The van der Waals surface area contributed by atoms with Gasteiger partial charge in [-0.3, -0.25) is 0 Å². The maximum atomic E-state index is 13.7. The third kappa shape index (κ3) is 2.72. The third-order valence-electron chi connectivity index (χ3n) is 2.73. The van der Waals surface area contributed by atoms with Gasteiger partial charge in [-0.15, -0.1) is 0 Å². The first kappa shape index (κ1) is 12.2. The number of hydrogen-bond acceptors (Lipinski definition) is 0. The Morgan fingerprint density at radius 2 is 1.71 bits per heavy atom. The predicted octanol–water partition coefficient (Wildman–Crippen LogP) is 4.63. The van der Waals surface area contributed by atoms with Gasteiger partial charge in [-0.1, -0.05) is 24.3 Å². The zero-order valence-electron chi connectivity index (χ0n) is 9.31. The second-order valence-electron chi connectivity index (χ2n) is 3.96. The summed E-state index contributed by atoms with van der Waals surface area (Å²) in [6.07, 6.45) is 0.405. The molecule has 0 spiro atoms. The van der Waals surface area contributed by atoms with Crippen molar-refractivity contribution in [2.75, 3.05) is 0 Å². The molecule has 0 unspecified atom stereocenters. The summed E-state index contributed by atoms with van der Waals surface area (Å²) >= 11 is 2.97. The van der Waals surface area contributed by atoms with E-state index in [2.05, 4.69) is 15.9 Å². The van der Waals surface area contributed by atoms with Crippen molar-refractivity contribution in [2.24, 2.45) is 0 Å². The van der Waals surface area contributed by atoms with Crippen LogP contribution < -0.4 is 0 Å². The normalized spacial score (nSPS) is 10.6. The molecule has 0 radical (unpaired) electrons. The molecule has 0 aliphatic rings. The molecule has 0 atom stereocenters. The summed E-state index contributed by atoms with van der Waals surface area (Å²) in [5.41, 5.74) is 2.46. The first-order chi connectivity index (χ1) is 8.08. The molecule has 0 nitrogen and oxygen atoms in total. The van der Waals surface area contributed by atoms with E-state index in [1.807, 2.05) is 31.2 Å². The molecule has 0 bridgehead atoms. The monoisotopic (exact) mass is 296 g/mol. The number of rotatable bonds is 2. The van der Waals surface area contributed by atoms with E-state index in [-0.39, 0.29) is 10.3 Å². The van der Waals surface area contributed by atoms with Crippen LogP contribution in [0.2, 0.25) is 0 Å². The first-order valence-electron chi connectivity index (χ1n) is 5.26. The number of halogens is 3. The van der Waals surface area contributed by atoms with Crippen LogP contribution >= 0.6 is 15.9 Å². The maximum Gasteiger partial charge on any atom is 0.137 e. The summed E-state index contributed by atoms with van der Waals surface area (Å²) in [5, 5.41) is 0. The minimum absolute atomic E-state index is 0.156. The van der Waals surface area contributed by atoms with Crippen molar-refractivity contribution in [1.82, 2.24) is 0 Å². The van der Waals surface area contributed by atoms with E-state index in [4.69, 9.17) is 0 Å². The Balaban J connectivity index is 2.37. The summed E-state index contributed by atoms with van der Waals surface area (Å²) in [6.45, 7) is 1.96. The SMILES string of the molecule is Cc1ccccc1Cc1cc(F)c(Br)cc1F. The highest BCUT2D eigenvalue weighted by Gasteiger charge is 2.09. The molecule has 3 heteroatoms. The second kappa shape index (κ2) is 4.96. The molecule has 88 valence electrons. The van der Waals surface area contributed by atoms with Gasteiger partial charge in [0.2, 0.25) is 0 Å². The highest BCUT2D eigenvalue weighted by Crippen LogP contribution is 2.22. The van der Waals surface area contributed by atoms with Gasteiger partial charge < -0.3 is 0 Å². The summed E-state index contributed by atoms with van der Waals surface area (Å²) in [5.74, 6) is -0.823. The fourth-order valence-electron chi connectivity index (χ4n) is 1.71. The molecule has 0 fully saturated rings. The van der Waals surface area contributed by atoms with Gasteiger partial charge >= 0.3 is 0 Å². The molecule has 0 amide bonds. The van der Waals surface area contributed by atoms with Gasteiger partial charge in [0, 0.05) is 6.42 Å². The smallest absolute Gasteiger partial charge is 0.137 e. The van der Waals surface area contributed by atoms with Crippen LogP contribution in [0.25, 0.3) is 0 Å². The van der Waals surface area contributed by atoms with Crippen molar-refractivity contribution in [3.63, 3.8) is 0 Å². The topological polar surface area (TPSA) is 0 Å². The van der Waals surface area contributed by atoms with Gasteiger partial charge in [0.1, 0.15) is 11.6 Å². The average Bonchev–Trinajstić information content (AvgIpc) is 2.29. The van der Waals surface area contributed by atoms with Crippen LogP contribution in [0.15, 0.2) is 40.9 Å². The van der Waals surface area contributed by atoms with E-state index < -0.39 is 5.82 Å². The van der Waals surface area contributed by atoms with Crippen LogP contribution in [-0.4, -0.2) is 0 Å². The molecule has 0 N–H and O–H groups in total. The van der Waals surface area contributed by atoms with Gasteiger partial charge in [0.15, 0.2) is 0 Å². The van der Waals surface area contributed by atoms with Crippen LogP contribution in [0, 0.1) is 18.6 Å². The highest BCUT2D eigenvalue weighted by atomic mass is 79.9. The fourth-order valence-corrected chi connectivity index (χ4v) is 2.03. The molecule has 0 saturated heterocycles. The fraction of sp³-hybridized carbons (Fsp3) is 0.143. The Kier molecular flexibility index (Phi) is 3.57. The van der Waals surface area contributed by atoms with E-state index in [0.29, 0.717) is 12.0 Å². The van der Waals surface area contributed by atoms with Gasteiger partial charge in [0.25, 0.3) is 0 Å². The minimum atomic E-state index is -0.435. The standard InChI is InChI=1S/C14H11BrF2/c1-9-4-2-3-5-10(9)6-11-7-14(17)12(15)8-13(11)16/h2-5,7-8H,6H2,1H3. The van der Waals surface area contributed by atoms with E-state index in [9.17, 15) is 8.78 Å². The molecule has 2 aromatic rings. The highest BCUT2D eigenvalue weighted by molar-refractivity contribution is 9.10. The first-order valence-corrected chi connectivity index (χ1v) is 6.05.